The zero-order valence-corrected chi connectivity index (χ0v) is 52.3. The summed E-state index contributed by atoms with van der Waals surface area (Å²) in [6.45, 7) is -2.84. The van der Waals surface area contributed by atoms with Crippen LogP contribution >= 0.6 is 30.0 Å². The number of fused-ring (bicyclic) bond motifs is 1. The number of nitrogens with zero attached hydrogens (tertiary/aromatic N) is 3. The first-order valence-electron chi connectivity index (χ1n) is 30.0. The zero-order chi connectivity index (χ0) is 62.1. The second kappa shape index (κ2) is 26.6. The highest BCUT2D eigenvalue weighted by Gasteiger charge is 2.58. The van der Waals surface area contributed by atoms with Gasteiger partial charge in [0, 0.05) is 34.4 Å². The number of esters is 1. The van der Waals surface area contributed by atoms with E-state index < -0.39 is 46.7 Å². The SMILES string of the molecule is COc1ccc(COC(=O)C2(C=P(c3ccccc3)(c3ccccc3)c3ccccc3)CS[C@@H]3C(NC(=O)C(=NOC(c4ccccc4)(c4ccccc4)c4ccccc4)c4csc(NC(c5ccccc5)(c5ccccc5)c5ccccc5)n4)C(=O)N3C2)cc1. The molecule has 2 N–H and O–H groups in total. The van der Waals surface area contributed by atoms with Crippen LogP contribution in [0.25, 0.3) is 0 Å². The molecule has 450 valence electrons. The van der Waals surface area contributed by atoms with Gasteiger partial charge < -0.3 is 29.8 Å². The van der Waals surface area contributed by atoms with Gasteiger partial charge in [-0.15, -0.1) is 23.1 Å². The molecule has 2 aliphatic heterocycles. The summed E-state index contributed by atoms with van der Waals surface area (Å²) < 4.78 is 11.8. The van der Waals surface area contributed by atoms with Crippen molar-refractivity contribution < 1.29 is 28.7 Å². The molecule has 3 heterocycles. The molecule has 14 heteroatoms. The number of amides is 2. The number of carbonyl (C=O) groups excluding carboxylic acids is 3. The van der Waals surface area contributed by atoms with Crippen molar-refractivity contribution in [2.24, 2.45) is 10.6 Å². The molecule has 2 aliphatic rings. The summed E-state index contributed by atoms with van der Waals surface area (Å²) in [5.41, 5.74) is 2.37. The summed E-state index contributed by atoms with van der Waals surface area (Å²) in [6.07, 6.45) is 0. The first kappa shape index (κ1) is 59.9. The van der Waals surface area contributed by atoms with Gasteiger partial charge in [-0.05, 0) is 57.2 Å². The molecule has 0 bridgehead atoms. The van der Waals surface area contributed by atoms with Gasteiger partial charge in [0.25, 0.3) is 5.91 Å². The Bertz CT molecular complexity index is 4070. The van der Waals surface area contributed by atoms with Gasteiger partial charge in [0.2, 0.25) is 11.5 Å². The Kier molecular flexibility index (Phi) is 17.5. The van der Waals surface area contributed by atoms with Crippen molar-refractivity contribution in [3.8, 4) is 5.75 Å². The van der Waals surface area contributed by atoms with Crippen LogP contribution in [-0.2, 0) is 41.7 Å². The fraction of sp³-hybridized carbons (Fsp3) is 0.117. The molecule has 10 aromatic carbocycles. The Morgan fingerprint density at radius 1 is 0.593 bits per heavy atom. The zero-order valence-electron chi connectivity index (χ0n) is 49.8. The summed E-state index contributed by atoms with van der Waals surface area (Å²) in [5.74, 6) is 1.63. The number of rotatable bonds is 21. The number of β-lactam (4-membered cyclic amide) rings is 1. The number of carbonyl (C=O) groups is 3. The molecule has 0 radical (unpaired) electrons. The summed E-state index contributed by atoms with van der Waals surface area (Å²) in [7, 11) is 1.61. The molecule has 2 saturated heterocycles. The van der Waals surface area contributed by atoms with E-state index in [4.69, 9.17) is 24.5 Å². The lowest BCUT2D eigenvalue weighted by molar-refractivity contribution is -0.159. The molecule has 0 spiro atoms. The smallest absolute Gasteiger partial charge is 0.319 e. The number of methoxy groups -OCH3 is 1. The number of ether oxygens (including phenoxy) is 2. The van der Waals surface area contributed by atoms with Crippen molar-refractivity contribution in [1.82, 2.24) is 15.2 Å². The van der Waals surface area contributed by atoms with Crippen molar-refractivity contribution in [1.29, 1.82) is 0 Å². The van der Waals surface area contributed by atoms with Crippen molar-refractivity contribution in [3.63, 3.8) is 0 Å². The van der Waals surface area contributed by atoms with Gasteiger partial charge in [-0.3, -0.25) is 14.4 Å². The van der Waals surface area contributed by atoms with Crippen LogP contribution in [0, 0.1) is 5.41 Å². The predicted octanol–water partition coefficient (Wildman–Crippen LogP) is 13.2. The van der Waals surface area contributed by atoms with Gasteiger partial charge in [0.05, 0.1) is 7.11 Å². The molecule has 3 atom stereocenters. The first-order valence-corrected chi connectivity index (χ1v) is 33.8. The topological polar surface area (TPSA) is 131 Å². The first-order chi connectivity index (χ1) is 44.7. The highest BCUT2D eigenvalue weighted by Crippen LogP contribution is 2.51. The van der Waals surface area contributed by atoms with Crippen molar-refractivity contribution in [3.05, 3.63) is 347 Å². The van der Waals surface area contributed by atoms with Gasteiger partial charge in [0.15, 0.2) is 10.8 Å². The fourth-order valence-electron chi connectivity index (χ4n) is 12.5. The van der Waals surface area contributed by atoms with E-state index in [0.29, 0.717) is 10.9 Å². The van der Waals surface area contributed by atoms with Gasteiger partial charge >= 0.3 is 5.97 Å². The maximum Gasteiger partial charge on any atom is 0.319 e. The van der Waals surface area contributed by atoms with Gasteiger partial charge in [-0.2, -0.15) is 0 Å². The van der Waals surface area contributed by atoms with Gasteiger partial charge in [-0.25, -0.2) is 4.98 Å². The predicted molar refractivity (Wildman–Crippen MR) is 368 cm³/mol. The highest BCUT2D eigenvalue weighted by molar-refractivity contribution is 8.00. The summed E-state index contributed by atoms with van der Waals surface area (Å²) in [4.78, 5) is 60.6. The van der Waals surface area contributed by atoms with Gasteiger partial charge in [0.1, 0.15) is 40.4 Å². The van der Waals surface area contributed by atoms with Crippen LogP contribution in [-0.4, -0.2) is 70.0 Å². The molecule has 13 rings (SSSR count). The molecular weight excluding hydrogens is 1190 g/mol. The third-order valence-corrected chi connectivity index (χ3v) is 23.5. The molecule has 0 aliphatic carbocycles. The van der Waals surface area contributed by atoms with E-state index in [-0.39, 0.29) is 36.2 Å². The van der Waals surface area contributed by atoms with Crippen LogP contribution in [0.4, 0.5) is 5.13 Å². The van der Waals surface area contributed by atoms with Crippen LogP contribution in [0.3, 0.4) is 0 Å². The second-order valence-electron chi connectivity index (χ2n) is 22.4. The lowest BCUT2D eigenvalue weighted by Gasteiger charge is -2.54. The Morgan fingerprint density at radius 3 is 1.44 bits per heavy atom. The largest absolute Gasteiger partial charge is 0.497 e. The minimum atomic E-state index is -2.83. The maximum absolute atomic E-state index is 15.8. The second-order valence-corrected chi connectivity index (χ2v) is 27.6. The third-order valence-electron chi connectivity index (χ3n) is 17.0. The molecule has 2 amide bonds. The van der Waals surface area contributed by atoms with E-state index in [1.54, 1.807) is 17.4 Å². The Labute approximate surface area is 538 Å². The molecule has 1 aromatic heterocycles. The number of hydrogen-bond donors (Lipinski definition) is 2. The Balaban J connectivity index is 0.901. The molecule has 0 saturated carbocycles. The Morgan fingerprint density at radius 2 is 1.01 bits per heavy atom. The van der Waals surface area contributed by atoms with E-state index in [1.807, 2.05) is 224 Å². The van der Waals surface area contributed by atoms with E-state index in [0.717, 1.165) is 54.9 Å². The van der Waals surface area contributed by atoms with Crippen LogP contribution in [0.5, 0.6) is 5.75 Å². The van der Waals surface area contributed by atoms with Crippen molar-refractivity contribution in [2.75, 3.05) is 24.7 Å². The normalized spacial score (nSPS) is 16.5. The maximum atomic E-state index is 15.8. The van der Waals surface area contributed by atoms with Crippen LogP contribution in [0.2, 0.25) is 0 Å². The van der Waals surface area contributed by atoms with E-state index in [1.165, 1.54) is 23.1 Å². The average molecular weight is 1250 g/mol. The molecular formula is C77H64N5O6PS2. The number of thiazole rings is 1. The summed E-state index contributed by atoms with van der Waals surface area (Å²) in [5, 5.41) is 16.8. The monoisotopic (exact) mass is 1250 g/mol. The molecule has 11 nitrogen and oxygen atoms in total. The lowest BCUT2D eigenvalue weighted by Crippen LogP contribution is -2.74. The van der Waals surface area contributed by atoms with Crippen LogP contribution < -0.4 is 31.3 Å². The molecule has 91 heavy (non-hydrogen) atoms. The van der Waals surface area contributed by atoms with Gasteiger partial charge in [-0.1, -0.05) is 296 Å². The number of oxime groups is 1. The average Bonchev–Trinajstić information content (AvgIpc) is 0.742. The van der Waals surface area contributed by atoms with Crippen LogP contribution in [0.15, 0.2) is 308 Å². The number of aromatic nitrogens is 1. The number of thioether (sulfide) groups is 1. The molecule has 2 fully saturated rings. The quantitative estimate of drug-likeness (QED) is 0.0180. The van der Waals surface area contributed by atoms with E-state index in [9.17, 15) is 0 Å². The van der Waals surface area contributed by atoms with Crippen LogP contribution in [0.1, 0.15) is 44.6 Å². The van der Waals surface area contributed by atoms with Crippen molar-refractivity contribution >= 4 is 80.3 Å². The standard InChI is InChI=1S/C77H64N5O6PS2/c1-86-63-49-47-56(48-50-63)51-87-73(85)75(54-89(64-41-23-8-24-42-64,65-43-25-9-26-44-65)66-45-27-10-28-46-66)53-82-71(84)69(72(82)91-55-75)79-70(83)68(81-88-77(60-35-17-5-18-36-60,61-37-19-6-20-38-61)62-39-21-7-22-40-62)67-52-90-74(78-67)80-76(57-29-11-2-12-30-57,58-31-13-3-14-32-58)59-33-15-4-16-34-59/h2-50,52,54,69,72H,51,53,55H2,1H3,(H,78,80)(H,79,83)/t69?,72-,75?/m1/s1. The summed E-state index contributed by atoms with van der Waals surface area (Å²) >= 11 is 2.76. The number of anilines is 1. The van der Waals surface area contributed by atoms with Crippen molar-refractivity contribution in [2.45, 2.75) is 29.2 Å². The molecule has 11 aromatic rings. The fourth-order valence-corrected chi connectivity index (χ4v) is 19.1. The van der Waals surface area contributed by atoms with E-state index >= 15 is 14.4 Å². The van der Waals surface area contributed by atoms with E-state index in [2.05, 4.69) is 89.2 Å². The number of hydrogen-bond acceptors (Lipinski definition) is 11. The third kappa shape index (κ3) is 11.7. The number of nitrogens with one attached hydrogen (secondary N) is 2. The number of benzene rings is 10. The minimum absolute atomic E-state index is 0.00349. The molecule has 2 unspecified atom stereocenters. The lowest BCUT2D eigenvalue weighted by atomic mass is 9.77. The highest BCUT2D eigenvalue weighted by atomic mass is 32.2. The minimum Gasteiger partial charge on any atom is -0.497 e. The summed E-state index contributed by atoms with van der Waals surface area (Å²) in [6, 6.07) is 97.4. The Hall–Kier alpha value is -10.0.